The Balaban J connectivity index is 2.06. The summed E-state index contributed by atoms with van der Waals surface area (Å²) in [6, 6.07) is 13.4. The monoisotopic (exact) mass is 255 g/mol. The molecule has 1 aromatic carbocycles. The molecule has 1 heterocycles. The first-order chi connectivity index (χ1) is 9.19. The molecule has 0 unspecified atom stereocenters. The predicted molar refractivity (Wildman–Crippen MR) is 76.1 cm³/mol. The molecule has 0 aliphatic carbocycles. The quantitative estimate of drug-likeness (QED) is 0.881. The van der Waals surface area contributed by atoms with Crippen molar-refractivity contribution in [1.82, 2.24) is 10.3 Å². The molecule has 0 radical (unpaired) electrons. The molecule has 0 aliphatic rings. The smallest absolute Gasteiger partial charge is 0.251 e. The Kier molecular flexibility index (Phi) is 4.13. The van der Waals surface area contributed by atoms with Crippen LogP contribution in [0.3, 0.4) is 0 Å². The fraction of sp³-hybridized carbons (Fsp3) is 0.200. The van der Waals surface area contributed by atoms with Gasteiger partial charge in [-0.3, -0.25) is 4.79 Å². The Morgan fingerprint density at radius 2 is 1.95 bits per heavy atom. The van der Waals surface area contributed by atoms with Gasteiger partial charge in [-0.2, -0.15) is 0 Å². The average molecular weight is 255 g/mol. The number of aryl methyl sites for hydroxylation is 1. The van der Waals surface area contributed by atoms with E-state index in [0.29, 0.717) is 17.9 Å². The molecule has 0 atom stereocenters. The maximum absolute atomic E-state index is 12.1. The predicted octanol–water partition coefficient (Wildman–Crippen LogP) is 2.36. The van der Waals surface area contributed by atoms with Crippen LogP contribution in [0.5, 0.6) is 0 Å². The summed E-state index contributed by atoms with van der Waals surface area (Å²) in [4.78, 5) is 16.3. The molecule has 0 spiro atoms. The molecule has 2 N–H and O–H groups in total. The van der Waals surface area contributed by atoms with Crippen LogP contribution >= 0.6 is 0 Å². The fourth-order valence-corrected chi connectivity index (χ4v) is 1.81. The highest BCUT2D eigenvalue weighted by Gasteiger charge is 2.07. The number of benzene rings is 1. The number of rotatable bonds is 4. The van der Waals surface area contributed by atoms with Crippen molar-refractivity contribution in [2.75, 3.05) is 12.4 Å². The zero-order valence-electron chi connectivity index (χ0n) is 11.1. The Morgan fingerprint density at radius 1 is 1.21 bits per heavy atom. The van der Waals surface area contributed by atoms with E-state index in [1.54, 1.807) is 19.2 Å². The number of hydrogen-bond donors (Lipinski definition) is 2. The van der Waals surface area contributed by atoms with Crippen molar-refractivity contribution in [2.45, 2.75) is 13.5 Å². The Morgan fingerprint density at radius 3 is 2.63 bits per heavy atom. The van der Waals surface area contributed by atoms with E-state index in [1.165, 1.54) is 0 Å². The van der Waals surface area contributed by atoms with Crippen molar-refractivity contribution in [3.63, 3.8) is 0 Å². The molecule has 19 heavy (non-hydrogen) atoms. The van der Waals surface area contributed by atoms with Crippen LogP contribution in [0.4, 0.5) is 5.82 Å². The van der Waals surface area contributed by atoms with Crippen LogP contribution < -0.4 is 10.6 Å². The summed E-state index contributed by atoms with van der Waals surface area (Å²) >= 11 is 0. The van der Waals surface area contributed by atoms with Crippen molar-refractivity contribution in [2.24, 2.45) is 0 Å². The third-order valence-corrected chi connectivity index (χ3v) is 2.77. The maximum atomic E-state index is 12.1. The van der Waals surface area contributed by atoms with E-state index in [0.717, 1.165) is 11.3 Å². The van der Waals surface area contributed by atoms with Crippen molar-refractivity contribution < 1.29 is 4.79 Å². The summed E-state index contributed by atoms with van der Waals surface area (Å²) in [6.45, 7) is 2.39. The number of nitrogens with zero attached hydrogens (tertiary/aromatic N) is 1. The van der Waals surface area contributed by atoms with Crippen LogP contribution in [0.25, 0.3) is 0 Å². The molecule has 4 nitrogen and oxygen atoms in total. The lowest BCUT2D eigenvalue weighted by Gasteiger charge is -2.08. The molecule has 0 fully saturated rings. The molecular formula is C15H17N3O. The third kappa shape index (κ3) is 3.55. The van der Waals surface area contributed by atoms with Crippen LogP contribution in [0.15, 0.2) is 42.5 Å². The molecule has 0 aliphatic heterocycles. The second-order valence-electron chi connectivity index (χ2n) is 4.30. The van der Waals surface area contributed by atoms with Gasteiger partial charge in [0.15, 0.2) is 0 Å². The van der Waals surface area contributed by atoms with Gasteiger partial charge in [0, 0.05) is 24.8 Å². The van der Waals surface area contributed by atoms with Crippen LogP contribution in [0, 0.1) is 6.92 Å². The molecule has 2 aromatic rings. The number of carbonyl (C=O) groups is 1. The summed E-state index contributed by atoms with van der Waals surface area (Å²) in [7, 11) is 1.79. The van der Waals surface area contributed by atoms with Gasteiger partial charge in [0.05, 0.1) is 0 Å². The van der Waals surface area contributed by atoms with Crippen LogP contribution in [0.1, 0.15) is 21.6 Å². The minimum Gasteiger partial charge on any atom is -0.373 e. The Labute approximate surface area is 112 Å². The highest BCUT2D eigenvalue weighted by atomic mass is 16.1. The van der Waals surface area contributed by atoms with Gasteiger partial charge in [0.2, 0.25) is 0 Å². The van der Waals surface area contributed by atoms with E-state index in [4.69, 9.17) is 0 Å². The average Bonchev–Trinajstić information content (AvgIpc) is 2.45. The second-order valence-corrected chi connectivity index (χ2v) is 4.30. The first-order valence-electron chi connectivity index (χ1n) is 6.17. The number of hydrogen-bond acceptors (Lipinski definition) is 3. The topological polar surface area (TPSA) is 54.0 Å². The van der Waals surface area contributed by atoms with E-state index in [1.807, 2.05) is 37.3 Å². The molecule has 0 bridgehead atoms. The van der Waals surface area contributed by atoms with Gasteiger partial charge in [-0.05, 0) is 24.6 Å². The molecule has 4 heteroatoms. The molecule has 1 aromatic heterocycles. The van der Waals surface area contributed by atoms with Crippen LogP contribution in [-0.4, -0.2) is 17.9 Å². The van der Waals surface area contributed by atoms with E-state index < -0.39 is 0 Å². The van der Waals surface area contributed by atoms with Crippen molar-refractivity contribution in [3.8, 4) is 0 Å². The number of pyridine rings is 1. The highest BCUT2D eigenvalue weighted by Crippen LogP contribution is 2.09. The highest BCUT2D eigenvalue weighted by molar-refractivity contribution is 5.94. The number of carbonyl (C=O) groups excluding carboxylic acids is 1. The standard InChI is InChI=1S/C15H17N3O/c1-11-8-13(9-14(16-2)18-11)15(19)17-10-12-6-4-3-5-7-12/h3-9H,10H2,1-2H3,(H,16,18)(H,17,19). The molecule has 98 valence electrons. The lowest BCUT2D eigenvalue weighted by molar-refractivity contribution is 0.0950. The molecule has 1 amide bonds. The number of amides is 1. The summed E-state index contributed by atoms with van der Waals surface area (Å²) in [5.41, 5.74) is 2.51. The zero-order chi connectivity index (χ0) is 13.7. The van der Waals surface area contributed by atoms with Gasteiger partial charge in [-0.25, -0.2) is 4.98 Å². The SMILES string of the molecule is CNc1cc(C(=O)NCc2ccccc2)cc(C)n1. The molecule has 0 saturated carbocycles. The number of nitrogens with one attached hydrogen (secondary N) is 2. The van der Waals surface area contributed by atoms with Gasteiger partial charge in [0.1, 0.15) is 5.82 Å². The Bertz CT molecular complexity index is 567. The van der Waals surface area contributed by atoms with Gasteiger partial charge in [-0.15, -0.1) is 0 Å². The number of aromatic nitrogens is 1. The van der Waals surface area contributed by atoms with Crippen molar-refractivity contribution >= 4 is 11.7 Å². The normalized spacial score (nSPS) is 10.0. The summed E-state index contributed by atoms with van der Waals surface area (Å²) < 4.78 is 0. The third-order valence-electron chi connectivity index (χ3n) is 2.77. The summed E-state index contributed by atoms with van der Waals surface area (Å²) in [5, 5.41) is 5.85. The Hall–Kier alpha value is -2.36. The minimum absolute atomic E-state index is 0.0918. The van der Waals surface area contributed by atoms with Crippen molar-refractivity contribution in [3.05, 3.63) is 59.3 Å². The molecular weight excluding hydrogens is 238 g/mol. The van der Waals surface area contributed by atoms with E-state index >= 15 is 0 Å². The lowest BCUT2D eigenvalue weighted by atomic mass is 10.2. The van der Waals surface area contributed by atoms with Gasteiger partial charge in [0.25, 0.3) is 5.91 Å². The zero-order valence-corrected chi connectivity index (χ0v) is 11.1. The van der Waals surface area contributed by atoms with Crippen LogP contribution in [0.2, 0.25) is 0 Å². The van der Waals surface area contributed by atoms with Crippen molar-refractivity contribution in [1.29, 1.82) is 0 Å². The van der Waals surface area contributed by atoms with Gasteiger partial charge in [-0.1, -0.05) is 30.3 Å². The lowest BCUT2D eigenvalue weighted by Crippen LogP contribution is -2.23. The maximum Gasteiger partial charge on any atom is 0.251 e. The summed E-state index contributed by atoms with van der Waals surface area (Å²) in [5.74, 6) is 0.607. The number of anilines is 1. The first kappa shape index (κ1) is 13.1. The second kappa shape index (κ2) is 6.00. The van der Waals surface area contributed by atoms with E-state index in [9.17, 15) is 4.79 Å². The summed E-state index contributed by atoms with van der Waals surface area (Å²) in [6.07, 6.45) is 0. The van der Waals surface area contributed by atoms with E-state index in [2.05, 4.69) is 15.6 Å². The molecule has 0 saturated heterocycles. The molecule has 2 rings (SSSR count). The van der Waals surface area contributed by atoms with E-state index in [-0.39, 0.29) is 5.91 Å². The largest absolute Gasteiger partial charge is 0.373 e. The fourth-order valence-electron chi connectivity index (χ4n) is 1.81. The first-order valence-corrected chi connectivity index (χ1v) is 6.17. The minimum atomic E-state index is -0.0918. The van der Waals surface area contributed by atoms with Gasteiger partial charge < -0.3 is 10.6 Å². The van der Waals surface area contributed by atoms with Crippen LogP contribution in [-0.2, 0) is 6.54 Å². The van der Waals surface area contributed by atoms with Gasteiger partial charge >= 0.3 is 0 Å².